The maximum Gasteiger partial charge on any atom is 0.328 e. The number of carboxylic acids is 4. The SMILES string of the molecule is CCOC(C)=O.O=C(O)C=CC(=O)O.O=C(O)C=CC(=O)O. The van der Waals surface area contributed by atoms with Gasteiger partial charge in [0.1, 0.15) is 0 Å². The van der Waals surface area contributed by atoms with Crippen molar-refractivity contribution in [2.45, 2.75) is 13.8 Å². The van der Waals surface area contributed by atoms with Crippen LogP contribution in [0.3, 0.4) is 0 Å². The molecule has 0 aromatic carbocycles. The molecule has 22 heavy (non-hydrogen) atoms. The van der Waals surface area contributed by atoms with E-state index in [9.17, 15) is 24.0 Å². The minimum absolute atomic E-state index is 0.211. The molecule has 0 aliphatic carbocycles. The number of esters is 1. The quantitative estimate of drug-likeness (QED) is 0.398. The lowest BCUT2D eigenvalue weighted by Crippen LogP contribution is -1.95. The molecule has 4 N–H and O–H groups in total. The smallest absolute Gasteiger partial charge is 0.328 e. The Balaban J connectivity index is -0.000000249. The van der Waals surface area contributed by atoms with Gasteiger partial charge in [-0.05, 0) is 6.92 Å². The summed E-state index contributed by atoms with van der Waals surface area (Å²) in [5.74, 6) is -5.24. The Morgan fingerprint density at radius 3 is 1.00 bits per heavy atom. The lowest BCUT2D eigenvalue weighted by Gasteiger charge is -1.89. The van der Waals surface area contributed by atoms with E-state index in [-0.39, 0.29) is 5.97 Å². The third-order valence-corrected chi connectivity index (χ3v) is 1.08. The summed E-state index contributed by atoms with van der Waals surface area (Å²) in [5, 5.41) is 31.2. The first-order valence-corrected chi connectivity index (χ1v) is 5.44. The highest BCUT2D eigenvalue weighted by atomic mass is 16.5. The summed E-state index contributed by atoms with van der Waals surface area (Å²) in [6, 6.07) is 0. The van der Waals surface area contributed by atoms with Crippen molar-refractivity contribution >= 4 is 29.8 Å². The van der Waals surface area contributed by atoms with Crippen LogP contribution in [0.1, 0.15) is 13.8 Å². The normalized spacial score (nSPS) is 9.00. The molecule has 0 bridgehead atoms. The summed E-state index contributed by atoms with van der Waals surface area (Å²) in [6.45, 7) is 3.65. The highest BCUT2D eigenvalue weighted by Gasteiger charge is 1.88. The van der Waals surface area contributed by atoms with E-state index in [0.29, 0.717) is 30.9 Å². The molecule has 0 spiro atoms. The molecule has 0 unspecified atom stereocenters. The molecule has 0 aromatic rings. The second kappa shape index (κ2) is 15.9. The van der Waals surface area contributed by atoms with Crippen molar-refractivity contribution in [1.29, 1.82) is 0 Å². The van der Waals surface area contributed by atoms with Gasteiger partial charge < -0.3 is 25.2 Å². The monoisotopic (exact) mass is 320 g/mol. The molecule has 0 aromatic heterocycles. The van der Waals surface area contributed by atoms with Gasteiger partial charge in [0, 0.05) is 31.2 Å². The van der Waals surface area contributed by atoms with Crippen molar-refractivity contribution in [3.05, 3.63) is 24.3 Å². The number of ether oxygens (including phenoxy) is 1. The van der Waals surface area contributed by atoms with E-state index < -0.39 is 23.9 Å². The molecule has 0 saturated carbocycles. The summed E-state index contributed by atoms with van der Waals surface area (Å²) in [6.07, 6.45) is 2.23. The van der Waals surface area contributed by atoms with Gasteiger partial charge >= 0.3 is 29.8 Å². The number of aliphatic carboxylic acids is 4. The standard InChI is InChI=1S/2C4H4O4.C4H8O2/c2*5-3(6)1-2-4(7)8;1-3-6-4(2)5/h2*1-2H,(H,5,6)(H,7,8);3H2,1-2H3. The van der Waals surface area contributed by atoms with Crippen LogP contribution in [0.4, 0.5) is 0 Å². The Kier molecular flexibility index (Phi) is 17.2. The maximum atomic E-state index is 9.82. The van der Waals surface area contributed by atoms with E-state index >= 15 is 0 Å². The van der Waals surface area contributed by atoms with Gasteiger partial charge in [-0.3, -0.25) is 4.79 Å². The van der Waals surface area contributed by atoms with Crippen LogP contribution in [0.25, 0.3) is 0 Å². The van der Waals surface area contributed by atoms with E-state index in [1.165, 1.54) is 6.92 Å². The maximum absolute atomic E-state index is 9.82. The zero-order valence-corrected chi connectivity index (χ0v) is 11.8. The van der Waals surface area contributed by atoms with Crippen LogP contribution in [0.15, 0.2) is 24.3 Å². The molecule has 10 heteroatoms. The Morgan fingerprint density at radius 2 is 0.955 bits per heavy atom. The van der Waals surface area contributed by atoms with Crippen LogP contribution < -0.4 is 0 Å². The van der Waals surface area contributed by atoms with Crippen LogP contribution in [0, 0.1) is 0 Å². The fourth-order valence-electron chi connectivity index (χ4n) is 0.488. The first kappa shape index (κ1) is 23.9. The highest BCUT2D eigenvalue weighted by Crippen LogP contribution is 1.71. The van der Waals surface area contributed by atoms with Gasteiger partial charge in [-0.2, -0.15) is 0 Å². The van der Waals surface area contributed by atoms with Crippen molar-refractivity contribution in [3.8, 4) is 0 Å². The third kappa shape index (κ3) is 43.6. The van der Waals surface area contributed by atoms with Crippen molar-refractivity contribution in [3.63, 3.8) is 0 Å². The third-order valence-electron chi connectivity index (χ3n) is 1.08. The molecule has 0 fully saturated rings. The summed E-state index contributed by atoms with van der Waals surface area (Å²) in [7, 11) is 0. The lowest BCUT2D eigenvalue weighted by atomic mass is 10.5. The van der Waals surface area contributed by atoms with Gasteiger partial charge in [0.2, 0.25) is 0 Å². The molecule has 0 atom stereocenters. The van der Waals surface area contributed by atoms with Gasteiger partial charge in [0.25, 0.3) is 0 Å². The molecule has 0 saturated heterocycles. The Bertz CT molecular complexity index is 381. The molecule has 0 rings (SSSR count). The molecule has 0 aliphatic heterocycles. The number of carbonyl (C=O) groups excluding carboxylic acids is 1. The van der Waals surface area contributed by atoms with Crippen LogP contribution in [-0.2, 0) is 28.7 Å². The zero-order valence-electron chi connectivity index (χ0n) is 11.8. The number of carboxylic acid groups (broad SMARTS) is 4. The van der Waals surface area contributed by atoms with Crippen molar-refractivity contribution in [2.24, 2.45) is 0 Å². The molecule has 124 valence electrons. The fourth-order valence-corrected chi connectivity index (χ4v) is 0.488. The summed E-state index contributed by atoms with van der Waals surface area (Å²) >= 11 is 0. The molecular weight excluding hydrogens is 304 g/mol. The summed E-state index contributed by atoms with van der Waals surface area (Å²) in [4.78, 5) is 48.0. The van der Waals surface area contributed by atoms with Crippen molar-refractivity contribution in [2.75, 3.05) is 6.61 Å². The molecule has 0 radical (unpaired) electrons. The van der Waals surface area contributed by atoms with Gasteiger partial charge in [0.15, 0.2) is 0 Å². The predicted molar refractivity (Wildman–Crippen MR) is 71.1 cm³/mol. The van der Waals surface area contributed by atoms with Crippen LogP contribution in [-0.4, -0.2) is 56.9 Å². The lowest BCUT2D eigenvalue weighted by molar-refractivity contribution is -0.140. The molecule has 0 heterocycles. The predicted octanol–water partition coefficient (Wildman–Crippen LogP) is -0.00700. The van der Waals surface area contributed by atoms with Crippen molar-refractivity contribution in [1.82, 2.24) is 0 Å². The summed E-state index contributed by atoms with van der Waals surface area (Å²) < 4.78 is 4.40. The Morgan fingerprint density at radius 1 is 0.727 bits per heavy atom. The van der Waals surface area contributed by atoms with Crippen LogP contribution >= 0.6 is 0 Å². The van der Waals surface area contributed by atoms with E-state index in [4.69, 9.17) is 20.4 Å². The second-order valence-corrected chi connectivity index (χ2v) is 2.94. The van der Waals surface area contributed by atoms with Crippen molar-refractivity contribution < 1.29 is 49.1 Å². The van der Waals surface area contributed by atoms with E-state index in [1.807, 2.05) is 0 Å². The van der Waals surface area contributed by atoms with E-state index in [0.717, 1.165) is 0 Å². The van der Waals surface area contributed by atoms with Gasteiger partial charge in [-0.25, -0.2) is 19.2 Å². The molecule has 0 amide bonds. The van der Waals surface area contributed by atoms with Crippen LogP contribution in [0.5, 0.6) is 0 Å². The number of hydrogen-bond acceptors (Lipinski definition) is 6. The topological polar surface area (TPSA) is 176 Å². The van der Waals surface area contributed by atoms with Gasteiger partial charge in [-0.1, -0.05) is 0 Å². The van der Waals surface area contributed by atoms with Gasteiger partial charge in [0.05, 0.1) is 6.61 Å². The van der Waals surface area contributed by atoms with Crippen LogP contribution in [0.2, 0.25) is 0 Å². The Labute approximate surface area is 124 Å². The second-order valence-electron chi connectivity index (χ2n) is 2.94. The first-order valence-electron chi connectivity index (χ1n) is 5.44. The molecular formula is C12H16O10. The minimum atomic E-state index is -1.26. The average Bonchev–Trinajstić information content (AvgIpc) is 2.35. The number of rotatable bonds is 5. The molecule has 0 aliphatic rings. The van der Waals surface area contributed by atoms with Gasteiger partial charge in [-0.15, -0.1) is 0 Å². The molecule has 10 nitrogen and oxygen atoms in total. The summed E-state index contributed by atoms with van der Waals surface area (Å²) in [5.41, 5.74) is 0. The Hall–Kier alpha value is -3.17. The highest BCUT2D eigenvalue weighted by molar-refractivity contribution is 5.90. The zero-order chi connectivity index (χ0) is 18.1. The van der Waals surface area contributed by atoms with E-state index in [2.05, 4.69) is 4.74 Å². The average molecular weight is 320 g/mol. The largest absolute Gasteiger partial charge is 0.478 e. The first-order chi connectivity index (χ1) is 10.0. The number of hydrogen-bond donors (Lipinski definition) is 4. The van der Waals surface area contributed by atoms with E-state index in [1.54, 1.807) is 6.92 Å². The number of carbonyl (C=O) groups is 5. The minimum Gasteiger partial charge on any atom is -0.478 e. The fraction of sp³-hybridized carbons (Fsp3) is 0.250.